The molecule has 0 saturated carbocycles. The van der Waals surface area contributed by atoms with Gasteiger partial charge in [0.25, 0.3) is 0 Å². The summed E-state index contributed by atoms with van der Waals surface area (Å²) in [5.41, 5.74) is 1.96. The number of benzene rings is 3. The van der Waals surface area contributed by atoms with Crippen molar-refractivity contribution in [1.82, 2.24) is 0 Å². The third-order valence-electron chi connectivity index (χ3n) is 4.97. The molecule has 1 atom stereocenters. The van der Waals surface area contributed by atoms with Crippen molar-refractivity contribution in [3.05, 3.63) is 83.9 Å². The van der Waals surface area contributed by atoms with Crippen molar-refractivity contribution < 1.29 is 22.6 Å². The molecular formula is C24H24O5S. The molecule has 1 aliphatic rings. The highest BCUT2D eigenvalue weighted by Gasteiger charge is 2.23. The Bertz CT molecular complexity index is 1100. The van der Waals surface area contributed by atoms with Gasteiger partial charge in [-0.15, -0.1) is 0 Å². The summed E-state index contributed by atoms with van der Waals surface area (Å²) >= 11 is 0. The van der Waals surface area contributed by atoms with Gasteiger partial charge in [0.15, 0.2) is 21.3 Å². The summed E-state index contributed by atoms with van der Waals surface area (Å²) in [6, 6.07) is 22.2. The van der Waals surface area contributed by atoms with Crippen LogP contribution in [0.15, 0.2) is 77.7 Å². The zero-order valence-corrected chi connectivity index (χ0v) is 17.6. The van der Waals surface area contributed by atoms with Gasteiger partial charge < -0.3 is 14.2 Å². The molecule has 156 valence electrons. The van der Waals surface area contributed by atoms with Crippen molar-refractivity contribution in [2.75, 3.05) is 12.5 Å². The Morgan fingerprint density at radius 2 is 1.57 bits per heavy atom. The molecule has 0 aliphatic carbocycles. The molecule has 1 aliphatic heterocycles. The summed E-state index contributed by atoms with van der Waals surface area (Å²) in [5, 5.41) is 0. The monoisotopic (exact) mass is 424 g/mol. The van der Waals surface area contributed by atoms with Gasteiger partial charge in [0, 0.05) is 6.07 Å². The second kappa shape index (κ2) is 8.79. The lowest BCUT2D eigenvalue weighted by molar-refractivity contribution is 0.173. The zero-order valence-electron chi connectivity index (χ0n) is 16.8. The Hall–Kier alpha value is -2.99. The van der Waals surface area contributed by atoms with Crippen molar-refractivity contribution in [3.63, 3.8) is 0 Å². The number of sulfone groups is 1. The van der Waals surface area contributed by atoms with E-state index in [-0.39, 0.29) is 18.5 Å². The molecule has 0 fully saturated rings. The largest absolute Gasteiger partial charge is 0.488 e. The van der Waals surface area contributed by atoms with Crippen LogP contribution in [0.1, 0.15) is 18.1 Å². The predicted molar refractivity (Wildman–Crippen MR) is 115 cm³/mol. The van der Waals surface area contributed by atoms with E-state index in [2.05, 4.69) is 0 Å². The molecule has 1 unspecified atom stereocenters. The van der Waals surface area contributed by atoms with E-state index in [4.69, 9.17) is 14.2 Å². The number of hydrogen-bond donors (Lipinski definition) is 0. The van der Waals surface area contributed by atoms with Gasteiger partial charge in [-0.1, -0.05) is 55.5 Å². The van der Waals surface area contributed by atoms with Crippen molar-refractivity contribution in [2.45, 2.75) is 24.8 Å². The minimum atomic E-state index is -3.36. The standard InChI is InChI=1S/C24H24O5S/c1-18(16-30(25,26)21-10-6-3-7-11-21)12-20-13-23-24(29-17-28-23)14-22(20)27-15-19-8-4-2-5-9-19/h2-11,13-14,18H,12,15-17H2,1H3. The lowest BCUT2D eigenvalue weighted by atomic mass is 10.0. The zero-order chi connectivity index (χ0) is 21.0. The van der Waals surface area contributed by atoms with Gasteiger partial charge in [-0.25, -0.2) is 8.42 Å². The second-order valence-corrected chi connectivity index (χ2v) is 9.53. The lowest BCUT2D eigenvalue weighted by Gasteiger charge is -2.17. The first kappa shape index (κ1) is 20.3. The molecule has 30 heavy (non-hydrogen) atoms. The van der Waals surface area contributed by atoms with Crippen LogP contribution < -0.4 is 14.2 Å². The van der Waals surface area contributed by atoms with Crippen LogP contribution in [0.5, 0.6) is 17.2 Å². The van der Waals surface area contributed by atoms with Crippen molar-refractivity contribution in [3.8, 4) is 17.2 Å². The third kappa shape index (κ3) is 4.76. The molecule has 0 radical (unpaired) electrons. The van der Waals surface area contributed by atoms with Crippen LogP contribution in [-0.4, -0.2) is 21.0 Å². The Morgan fingerprint density at radius 1 is 0.933 bits per heavy atom. The molecule has 3 aromatic rings. The van der Waals surface area contributed by atoms with Crippen LogP contribution in [0.4, 0.5) is 0 Å². The number of ether oxygens (including phenoxy) is 3. The molecule has 0 bridgehead atoms. The molecule has 0 spiro atoms. The maximum Gasteiger partial charge on any atom is 0.231 e. The summed E-state index contributed by atoms with van der Waals surface area (Å²) in [5.74, 6) is 1.95. The molecule has 1 heterocycles. The summed E-state index contributed by atoms with van der Waals surface area (Å²) < 4.78 is 42.6. The number of rotatable bonds is 8. The second-order valence-electron chi connectivity index (χ2n) is 7.49. The van der Waals surface area contributed by atoms with Crippen molar-refractivity contribution in [2.24, 2.45) is 5.92 Å². The van der Waals surface area contributed by atoms with E-state index >= 15 is 0 Å². The fourth-order valence-electron chi connectivity index (χ4n) is 3.53. The third-order valence-corrected chi connectivity index (χ3v) is 6.97. The van der Waals surface area contributed by atoms with Gasteiger partial charge in [0.1, 0.15) is 12.4 Å². The van der Waals surface area contributed by atoms with E-state index in [1.807, 2.05) is 55.5 Å². The molecule has 3 aromatic carbocycles. The summed E-state index contributed by atoms with van der Waals surface area (Å²) in [7, 11) is -3.36. The van der Waals surface area contributed by atoms with E-state index in [0.29, 0.717) is 35.2 Å². The van der Waals surface area contributed by atoms with Crippen LogP contribution >= 0.6 is 0 Å². The molecule has 0 amide bonds. The molecule has 5 nitrogen and oxygen atoms in total. The Kier molecular flexibility index (Phi) is 5.95. The highest BCUT2D eigenvalue weighted by atomic mass is 32.2. The van der Waals surface area contributed by atoms with E-state index in [1.165, 1.54) is 0 Å². The average molecular weight is 425 g/mol. The van der Waals surface area contributed by atoms with E-state index < -0.39 is 9.84 Å². The first-order valence-electron chi connectivity index (χ1n) is 9.88. The molecule has 0 aromatic heterocycles. The predicted octanol–water partition coefficient (Wildman–Crippen LogP) is 4.65. The minimum Gasteiger partial charge on any atom is -0.488 e. The van der Waals surface area contributed by atoms with E-state index in [1.54, 1.807) is 24.3 Å². The van der Waals surface area contributed by atoms with E-state index in [0.717, 1.165) is 11.1 Å². The van der Waals surface area contributed by atoms with Gasteiger partial charge in [-0.05, 0) is 41.7 Å². The Morgan fingerprint density at radius 3 is 2.27 bits per heavy atom. The number of hydrogen-bond acceptors (Lipinski definition) is 5. The SMILES string of the molecule is CC(Cc1cc2c(cc1OCc1ccccc1)OCO2)CS(=O)(=O)c1ccccc1. The van der Waals surface area contributed by atoms with Crippen LogP contribution in [0.3, 0.4) is 0 Å². The molecular weight excluding hydrogens is 400 g/mol. The van der Waals surface area contributed by atoms with Crippen molar-refractivity contribution >= 4 is 9.84 Å². The topological polar surface area (TPSA) is 61.8 Å². The smallest absolute Gasteiger partial charge is 0.231 e. The highest BCUT2D eigenvalue weighted by molar-refractivity contribution is 7.91. The minimum absolute atomic E-state index is 0.0591. The van der Waals surface area contributed by atoms with Crippen LogP contribution in [0.25, 0.3) is 0 Å². The fraction of sp³-hybridized carbons (Fsp3) is 0.250. The Labute approximate surface area is 177 Å². The Balaban J connectivity index is 1.52. The van der Waals surface area contributed by atoms with Crippen LogP contribution in [0, 0.1) is 5.92 Å². The van der Waals surface area contributed by atoms with Gasteiger partial charge in [-0.3, -0.25) is 0 Å². The molecule has 0 saturated heterocycles. The maximum absolute atomic E-state index is 12.7. The summed E-state index contributed by atoms with van der Waals surface area (Å²) in [4.78, 5) is 0.350. The molecule has 4 rings (SSSR count). The quantitative estimate of drug-likeness (QED) is 0.527. The molecule has 6 heteroatoms. The first-order valence-corrected chi connectivity index (χ1v) is 11.5. The number of fused-ring (bicyclic) bond motifs is 1. The van der Waals surface area contributed by atoms with Crippen LogP contribution in [-0.2, 0) is 22.9 Å². The summed E-state index contributed by atoms with van der Waals surface area (Å²) in [6.07, 6.45) is 0.548. The molecule has 0 N–H and O–H groups in total. The first-order chi connectivity index (χ1) is 14.5. The fourth-order valence-corrected chi connectivity index (χ4v) is 5.16. The highest BCUT2D eigenvalue weighted by Crippen LogP contribution is 2.39. The van der Waals surface area contributed by atoms with E-state index in [9.17, 15) is 8.42 Å². The lowest BCUT2D eigenvalue weighted by Crippen LogP contribution is -2.16. The normalized spacial score (nSPS) is 13.8. The maximum atomic E-state index is 12.7. The van der Waals surface area contributed by atoms with Gasteiger partial charge in [0.05, 0.1) is 10.6 Å². The van der Waals surface area contributed by atoms with Gasteiger partial charge >= 0.3 is 0 Å². The van der Waals surface area contributed by atoms with Gasteiger partial charge in [0.2, 0.25) is 6.79 Å². The van der Waals surface area contributed by atoms with Crippen molar-refractivity contribution in [1.29, 1.82) is 0 Å². The van der Waals surface area contributed by atoms with Crippen LogP contribution in [0.2, 0.25) is 0 Å². The summed E-state index contributed by atoms with van der Waals surface area (Å²) in [6.45, 7) is 2.53. The average Bonchev–Trinajstić information content (AvgIpc) is 3.20. The van der Waals surface area contributed by atoms with Gasteiger partial charge in [-0.2, -0.15) is 0 Å².